The first-order valence-corrected chi connectivity index (χ1v) is 16.1. The number of anilines is 1. The van der Waals surface area contributed by atoms with Crippen molar-refractivity contribution < 1.29 is 22.7 Å². The summed E-state index contributed by atoms with van der Waals surface area (Å²) in [6, 6.07) is 19.4. The molecule has 1 unspecified atom stereocenters. The number of halogens is 1. The second-order valence-corrected chi connectivity index (χ2v) is 12.8. The monoisotopic (exact) mass is 611 g/mol. The Kier molecular flexibility index (Phi) is 10.5. The van der Waals surface area contributed by atoms with E-state index in [1.807, 2.05) is 31.2 Å². The van der Waals surface area contributed by atoms with E-state index >= 15 is 0 Å². The van der Waals surface area contributed by atoms with E-state index in [1.54, 1.807) is 38.1 Å². The summed E-state index contributed by atoms with van der Waals surface area (Å²) >= 11 is 6.04. The van der Waals surface area contributed by atoms with E-state index in [4.69, 9.17) is 16.3 Å². The van der Waals surface area contributed by atoms with Gasteiger partial charge in [0.25, 0.3) is 10.0 Å². The maximum atomic E-state index is 14.2. The zero-order valence-corrected chi connectivity index (χ0v) is 25.8. The van der Waals surface area contributed by atoms with Gasteiger partial charge in [-0.25, -0.2) is 8.42 Å². The number of para-hydroxylation sites is 2. The quantitative estimate of drug-likeness (QED) is 0.283. The van der Waals surface area contributed by atoms with Crippen molar-refractivity contribution in [1.29, 1.82) is 0 Å². The molecule has 10 heteroatoms. The van der Waals surface area contributed by atoms with E-state index in [0.717, 1.165) is 41.1 Å². The molecular weight excluding hydrogens is 574 g/mol. The van der Waals surface area contributed by atoms with E-state index in [9.17, 15) is 18.0 Å². The third-order valence-corrected chi connectivity index (χ3v) is 9.48. The number of hydrogen-bond acceptors (Lipinski definition) is 5. The van der Waals surface area contributed by atoms with Gasteiger partial charge in [0.15, 0.2) is 0 Å². The Hall–Kier alpha value is -3.56. The van der Waals surface area contributed by atoms with Crippen LogP contribution in [-0.4, -0.2) is 50.4 Å². The fourth-order valence-corrected chi connectivity index (χ4v) is 6.60. The van der Waals surface area contributed by atoms with Gasteiger partial charge in [-0.2, -0.15) is 0 Å². The highest BCUT2D eigenvalue weighted by Crippen LogP contribution is 2.33. The van der Waals surface area contributed by atoms with Crippen LogP contribution in [0, 0.1) is 6.92 Å². The number of sulfonamides is 1. The lowest BCUT2D eigenvalue weighted by Gasteiger charge is -2.33. The normalized spacial score (nSPS) is 14.3. The van der Waals surface area contributed by atoms with Crippen LogP contribution >= 0.6 is 11.6 Å². The number of aryl methyl sites for hydroxylation is 1. The Labute approximate surface area is 253 Å². The van der Waals surface area contributed by atoms with Crippen molar-refractivity contribution in [2.24, 2.45) is 0 Å². The van der Waals surface area contributed by atoms with Gasteiger partial charge in [0.2, 0.25) is 11.8 Å². The predicted octanol–water partition coefficient (Wildman–Crippen LogP) is 5.72. The molecule has 3 aromatic carbocycles. The summed E-state index contributed by atoms with van der Waals surface area (Å²) in [5.74, 6) is -0.458. The predicted molar refractivity (Wildman–Crippen MR) is 165 cm³/mol. The zero-order chi connectivity index (χ0) is 30.3. The van der Waals surface area contributed by atoms with Gasteiger partial charge in [-0.15, -0.1) is 0 Å². The first kappa shape index (κ1) is 31.4. The van der Waals surface area contributed by atoms with Crippen LogP contribution in [-0.2, 0) is 26.2 Å². The SMILES string of the molecule is CCOc1ccccc1N(CC(=O)N(Cc1ccc(C)cc1)C(C)C(=O)NC1CCCC1)S(=O)(=O)c1ccc(Cl)cc1. The highest BCUT2D eigenvalue weighted by molar-refractivity contribution is 7.92. The molecule has 1 fully saturated rings. The number of carbonyl (C=O) groups excluding carboxylic acids is 2. The Morgan fingerprint density at radius 3 is 2.29 bits per heavy atom. The fraction of sp³-hybridized carbons (Fsp3) is 0.375. The van der Waals surface area contributed by atoms with Crippen molar-refractivity contribution in [2.45, 2.75) is 70.0 Å². The average Bonchev–Trinajstić information content (AvgIpc) is 3.49. The van der Waals surface area contributed by atoms with Crippen molar-refractivity contribution in [3.8, 4) is 5.75 Å². The first-order chi connectivity index (χ1) is 20.1. The molecule has 1 aliphatic rings. The van der Waals surface area contributed by atoms with E-state index in [0.29, 0.717) is 17.4 Å². The lowest BCUT2D eigenvalue weighted by atomic mass is 10.1. The average molecular weight is 612 g/mol. The molecule has 42 heavy (non-hydrogen) atoms. The molecule has 3 aromatic rings. The van der Waals surface area contributed by atoms with Crippen molar-refractivity contribution in [2.75, 3.05) is 17.5 Å². The highest BCUT2D eigenvalue weighted by atomic mass is 35.5. The van der Waals surface area contributed by atoms with Gasteiger partial charge in [0.1, 0.15) is 18.3 Å². The number of nitrogens with one attached hydrogen (secondary N) is 1. The minimum Gasteiger partial charge on any atom is -0.492 e. The molecule has 4 rings (SSSR count). The molecular formula is C32H38ClN3O5S. The molecule has 1 N–H and O–H groups in total. The fourth-order valence-electron chi connectivity index (χ4n) is 5.05. The van der Waals surface area contributed by atoms with Crippen LogP contribution in [0.4, 0.5) is 5.69 Å². The van der Waals surface area contributed by atoms with E-state index in [2.05, 4.69) is 5.32 Å². The lowest BCUT2D eigenvalue weighted by molar-refractivity contribution is -0.139. The Morgan fingerprint density at radius 1 is 1.00 bits per heavy atom. The third-order valence-electron chi connectivity index (χ3n) is 7.46. The van der Waals surface area contributed by atoms with Crippen LogP contribution in [0.2, 0.25) is 5.02 Å². The molecule has 0 aromatic heterocycles. The molecule has 0 saturated heterocycles. The number of nitrogens with zero attached hydrogens (tertiary/aromatic N) is 2. The summed E-state index contributed by atoms with van der Waals surface area (Å²) < 4.78 is 34.9. The number of rotatable bonds is 12. The van der Waals surface area contributed by atoms with Crippen molar-refractivity contribution in [1.82, 2.24) is 10.2 Å². The molecule has 0 aliphatic heterocycles. The van der Waals surface area contributed by atoms with Crippen LogP contribution in [0.25, 0.3) is 0 Å². The maximum absolute atomic E-state index is 14.2. The largest absolute Gasteiger partial charge is 0.492 e. The van der Waals surface area contributed by atoms with Gasteiger partial charge in [0.05, 0.1) is 17.2 Å². The maximum Gasteiger partial charge on any atom is 0.264 e. The van der Waals surface area contributed by atoms with Crippen LogP contribution in [0.1, 0.15) is 50.7 Å². The summed E-state index contributed by atoms with van der Waals surface area (Å²) in [4.78, 5) is 28.9. The van der Waals surface area contributed by atoms with Gasteiger partial charge in [0, 0.05) is 17.6 Å². The summed E-state index contributed by atoms with van der Waals surface area (Å²) in [6.07, 6.45) is 3.93. The van der Waals surface area contributed by atoms with E-state index in [-0.39, 0.29) is 29.1 Å². The van der Waals surface area contributed by atoms with Gasteiger partial charge in [-0.05, 0) is 75.6 Å². The van der Waals surface area contributed by atoms with Crippen LogP contribution in [0.5, 0.6) is 5.75 Å². The second kappa shape index (κ2) is 14.1. The smallest absolute Gasteiger partial charge is 0.264 e. The first-order valence-electron chi connectivity index (χ1n) is 14.3. The van der Waals surface area contributed by atoms with Crippen LogP contribution < -0.4 is 14.4 Å². The number of benzene rings is 3. The molecule has 0 heterocycles. The van der Waals surface area contributed by atoms with Gasteiger partial charge >= 0.3 is 0 Å². The second-order valence-electron chi connectivity index (χ2n) is 10.5. The number of ether oxygens (including phenoxy) is 1. The van der Waals surface area contributed by atoms with Gasteiger partial charge in [-0.3, -0.25) is 13.9 Å². The molecule has 1 atom stereocenters. The summed E-state index contributed by atoms with van der Waals surface area (Å²) in [6.45, 7) is 5.36. The molecule has 224 valence electrons. The molecule has 2 amide bonds. The molecule has 0 bridgehead atoms. The van der Waals surface area contributed by atoms with E-state index < -0.39 is 28.5 Å². The lowest BCUT2D eigenvalue weighted by Crippen LogP contribution is -2.52. The molecule has 1 aliphatic carbocycles. The Balaban J connectivity index is 1.72. The zero-order valence-electron chi connectivity index (χ0n) is 24.3. The van der Waals surface area contributed by atoms with Crippen LogP contribution in [0.3, 0.4) is 0 Å². The standard InChI is InChI=1S/C32H38ClN3O5S/c1-4-41-30-12-8-7-11-29(30)36(42(39,40)28-19-17-26(33)18-20-28)22-31(37)35(21-25-15-13-23(2)14-16-25)24(3)32(38)34-27-9-5-6-10-27/h7-8,11-20,24,27H,4-6,9-10,21-22H2,1-3H3,(H,34,38). The number of amides is 2. The summed E-state index contributed by atoms with van der Waals surface area (Å²) in [5.41, 5.74) is 2.12. The number of hydrogen-bond donors (Lipinski definition) is 1. The number of carbonyl (C=O) groups is 2. The van der Waals surface area contributed by atoms with Gasteiger partial charge < -0.3 is 15.0 Å². The van der Waals surface area contributed by atoms with Crippen molar-refractivity contribution >= 4 is 39.1 Å². The van der Waals surface area contributed by atoms with E-state index in [1.165, 1.54) is 29.2 Å². The minimum absolute atomic E-state index is 0.0249. The third kappa shape index (κ3) is 7.63. The summed E-state index contributed by atoms with van der Waals surface area (Å²) in [5, 5.41) is 3.47. The van der Waals surface area contributed by atoms with Crippen molar-refractivity contribution in [3.05, 3.63) is 88.9 Å². The topological polar surface area (TPSA) is 96.0 Å². The minimum atomic E-state index is -4.24. The Bertz CT molecular complexity index is 1470. The van der Waals surface area contributed by atoms with Gasteiger partial charge in [-0.1, -0.05) is 66.4 Å². The Morgan fingerprint density at radius 2 is 1.64 bits per heavy atom. The molecule has 0 spiro atoms. The summed E-state index contributed by atoms with van der Waals surface area (Å²) in [7, 11) is -4.24. The van der Waals surface area contributed by atoms with Crippen molar-refractivity contribution in [3.63, 3.8) is 0 Å². The molecule has 8 nitrogen and oxygen atoms in total. The molecule has 1 saturated carbocycles. The molecule has 0 radical (unpaired) electrons. The van der Waals surface area contributed by atoms with Crippen LogP contribution in [0.15, 0.2) is 77.7 Å². The highest BCUT2D eigenvalue weighted by Gasteiger charge is 2.34.